The highest BCUT2D eigenvalue weighted by Crippen LogP contribution is 2.23. The van der Waals surface area contributed by atoms with Gasteiger partial charge in [0.25, 0.3) is 0 Å². The molecule has 0 saturated carbocycles. The third kappa shape index (κ3) is 4.72. The van der Waals surface area contributed by atoms with Gasteiger partial charge < -0.3 is 9.64 Å². The maximum absolute atomic E-state index is 12.6. The van der Waals surface area contributed by atoms with Crippen LogP contribution in [-0.2, 0) is 21.3 Å². The fourth-order valence-corrected chi connectivity index (χ4v) is 3.78. The van der Waals surface area contributed by atoms with Gasteiger partial charge >= 0.3 is 0 Å². The quantitative estimate of drug-likeness (QED) is 0.782. The minimum absolute atomic E-state index is 0.328. The molecule has 2 aromatic rings. The second-order valence-corrected chi connectivity index (χ2v) is 8.17. The SMILES string of the molecule is CN(Cc1ccccc1N1CCOCC1)S(=O)(=O)/C=C/c1ccccc1. The van der Waals surface area contributed by atoms with E-state index in [0.717, 1.165) is 29.9 Å². The molecule has 0 amide bonds. The molecule has 6 heteroatoms. The molecule has 0 aliphatic carbocycles. The standard InChI is InChI=1S/C20H24N2O3S/c1-21(26(23,24)16-11-18-7-3-2-4-8-18)17-19-9-5-6-10-20(19)22-12-14-25-15-13-22/h2-11,16H,12-15,17H2,1H3/b16-11+. The number of nitrogens with zero attached hydrogens (tertiary/aromatic N) is 2. The van der Waals surface area contributed by atoms with Crippen LogP contribution in [0.3, 0.4) is 0 Å². The summed E-state index contributed by atoms with van der Waals surface area (Å²) < 4.78 is 32.0. The number of hydrogen-bond acceptors (Lipinski definition) is 4. The zero-order valence-corrected chi connectivity index (χ0v) is 15.7. The van der Waals surface area contributed by atoms with E-state index in [-0.39, 0.29) is 0 Å². The van der Waals surface area contributed by atoms with Crippen molar-refractivity contribution in [2.24, 2.45) is 0 Å². The first kappa shape index (κ1) is 18.6. The topological polar surface area (TPSA) is 49.9 Å². The molecule has 1 saturated heterocycles. The van der Waals surface area contributed by atoms with Gasteiger partial charge in [0.1, 0.15) is 0 Å². The Morgan fingerprint density at radius 1 is 1.04 bits per heavy atom. The second-order valence-electron chi connectivity index (χ2n) is 6.24. The van der Waals surface area contributed by atoms with Gasteiger partial charge in [-0.3, -0.25) is 0 Å². The van der Waals surface area contributed by atoms with Gasteiger partial charge in [0, 0.05) is 37.8 Å². The highest BCUT2D eigenvalue weighted by atomic mass is 32.2. The number of para-hydroxylation sites is 1. The fraction of sp³-hybridized carbons (Fsp3) is 0.300. The lowest BCUT2D eigenvalue weighted by Crippen LogP contribution is -2.37. The predicted octanol–water partition coefficient (Wildman–Crippen LogP) is 2.96. The number of hydrogen-bond donors (Lipinski definition) is 0. The average Bonchev–Trinajstić information content (AvgIpc) is 2.68. The molecule has 0 bridgehead atoms. The van der Waals surface area contributed by atoms with E-state index in [1.165, 1.54) is 9.71 Å². The molecule has 0 radical (unpaired) electrons. The summed E-state index contributed by atoms with van der Waals surface area (Å²) in [6.45, 7) is 3.36. The van der Waals surface area contributed by atoms with Gasteiger partial charge in [-0.25, -0.2) is 8.42 Å². The summed E-state index contributed by atoms with van der Waals surface area (Å²) in [6.07, 6.45) is 1.62. The monoisotopic (exact) mass is 372 g/mol. The lowest BCUT2D eigenvalue weighted by molar-refractivity contribution is 0.122. The Bertz CT molecular complexity index is 844. The normalized spacial score (nSPS) is 15.7. The molecule has 0 spiro atoms. The number of rotatable bonds is 6. The average molecular weight is 372 g/mol. The zero-order valence-electron chi connectivity index (χ0n) is 14.9. The summed E-state index contributed by atoms with van der Waals surface area (Å²) in [7, 11) is -1.88. The Kier molecular flexibility index (Phi) is 6.08. The van der Waals surface area contributed by atoms with Crippen LogP contribution < -0.4 is 4.90 Å². The van der Waals surface area contributed by atoms with Crippen LogP contribution in [0.4, 0.5) is 5.69 Å². The molecular weight excluding hydrogens is 348 g/mol. The number of morpholine rings is 1. The molecule has 1 aliphatic rings. The molecule has 0 atom stereocenters. The maximum Gasteiger partial charge on any atom is 0.236 e. The summed E-state index contributed by atoms with van der Waals surface area (Å²) in [5.41, 5.74) is 2.93. The first-order chi connectivity index (χ1) is 12.6. The third-order valence-corrected chi connectivity index (χ3v) is 5.88. The molecule has 1 heterocycles. The Hall–Kier alpha value is -2.15. The Morgan fingerprint density at radius 2 is 1.69 bits per heavy atom. The molecule has 0 unspecified atom stereocenters. The lowest BCUT2D eigenvalue weighted by atomic mass is 10.1. The van der Waals surface area contributed by atoms with Crippen molar-refractivity contribution in [2.75, 3.05) is 38.3 Å². The number of anilines is 1. The summed E-state index contributed by atoms with van der Waals surface area (Å²) in [5, 5.41) is 1.26. The van der Waals surface area contributed by atoms with Gasteiger partial charge in [-0.2, -0.15) is 4.31 Å². The molecule has 0 aromatic heterocycles. The van der Waals surface area contributed by atoms with Crippen molar-refractivity contribution >= 4 is 21.8 Å². The number of benzene rings is 2. The maximum atomic E-state index is 12.6. The van der Waals surface area contributed by atoms with Crippen molar-refractivity contribution in [3.63, 3.8) is 0 Å². The summed E-state index contributed by atoms with van der Waals surface area (Å²) in [6, 6.07) is 17.4. The van der Waals surface area contributed by atoms with E-state index in [4.69, 9.17) is 4.74 Å². The smallest absolute Gasteiger partial charge is 0.236 e. The van der Waals surface area contributed by atoms with E-state index in [9.17, 15) is 8.42 Å². The van der Waals surface area contributed by atoms with Crippen LogP contribution in [0, 0.1) is 0 Å². The van der Waals surface area contributed by atoms with Crippen molar-refractivity contribution < 1.29 is 13.2 Å². The summed E-state index contributed by atoms with van der Waals surface area (Å²) in [5.74, 6) is 0. The molecule has 138 valence electrons. The van der Waals surface area contributed by atoms with Gasteiger partial charge in [0.05, 0.1) is 13.2 Å². The Morgan fingerprint density at radius 3 is 2.42 bits per heavy atom. The van der Waals surface area contributed by atoms with Crippen LogP contribution in [-0.4, -0.2) is 46.1 Å². The molecule has 26 heavy (non-hydrogen) atoms. The second kappa shape index (κ2) is 8.49. The van der Waals surface area contributed by atoms with Crippen molar-refractivity contribution in [1.82, 2.24) is 4.31 Å². The molecule has 1 fully saturated rings. The number of sulfonamides is 1. The van der Waals surface area contributed by atoms with Crippen molar-refractivity contribution in [3.8, 4) is 0 Å². The van der Waals surface area contributed by atoms with Gasteiger partial charge in [-0.1, -0.05) is 48.5 Å². The zero-order chi connectivity index (χ0) is 18.4. The van der Waals surface area contributed by atoms with Crippen LogP contribution in [0.5, 0.6) is 0 Å². The van der Waals surface area contributed by atoms with E-state index in [1.807, 2.05) is 54.6 Å². The fourth-order valence-electron chi connectivity index (χ4n) is 2.92. The van der Waals surface area contributed by atoms with E-state index in [2.05, 4.69) is 4.90 Å². The lowest BCUT2D eigenvalue weighted by Gasteiger charge is -2.31. The highest BCUT2D eigenvalue weighted by molar-refractivity contribution is 7.92. The van der Waals surface area contributed by atoms with Crippen LogP contribution in [0.25, 0.3) is 6.08 Å². The number of ether oxygens (including phenoxy) is 1. The van der Waals surface area contributed by atoms with Crippen LogP contribution >= 0.6 is 0 Å². The third-order valence-electron chi connectivity index (χ3n) is 4.40. The Labute approximate surface area is 155 Å². The summed E-state index contributed by atoms with van der Waals surface area (Å²) in [4.78, 5) is 2.25. The van der Waals surface area contributed by atoms with Crippen molar-refractivity contribution in [2.45, 2.75) is 6.54 Å². The van der Waals surface area contributed by atoms with Crippen LogP contribution in [0.1, 0.15) is 11.1 Å². The molecule has 2 aromatic carbocycles. The van der Waals surface area contributed by atoms with E-state index < -0.39 is 10.0 Å². The van der Waals surface area contributed by atoms with Gasteiger partial charge in [0.15, 0.2) is 0 Å². The molecule has 1 aliphatic heterocycles. The van der Waals surface area contributed by atoms with E-state index >= 15 is 0 Å². The summed E-state index contributed by atoms with van der Waals surface area (Å²) >= 11 is 0. The minimum atomic E-state index is -3.49. The molecule has 3 rings (SSSR count). The minimum Gasteiger partial charge on any atom is -0.378 e. The highest BCUT2D eigenvalue weighted by Gasteiger charge is 2.19. The van der Waals surface area contributed by atoms with E-state index in [1.54, 1.807) is 13.1 Å². The van der Waals surface area contributed by atoms with Gasteiger partial charge in [0.2, 0.25) is 10.0 Å². The molecular formula is C20H24N2O3S. The van der Waals surface area contributed by atoms with Crippen molar-refractivity contribution in [1.29, 1.82) is 0 Å². The Balaban J connectivity index is 1.75. The van der Waals surface area contributed by atoms with Crippen LogP contribution in [0.15, 0.2) is 60.0 Å². The predicted molar refractivity (Wildman–Crippen MR) is 105 cm³/mol. The molecule has 0 N–H and O–H groups in total. The van der Waals surface area contributed by atoms with Gasteiger partial charge in [-0.15, -0.1) is 0 Å². The van der Waals surface area contributed by atoms with Crippen molar-refractivity contribution in [3.05, 3.63) is 71.1 Å². The molecule has 5 nitrogen and oxygen atoms in total. The first-order valence-corrected chi connectivity index (χ1v) is 10.2. The largest absolute Gasteiger partial charge is 0.378 e. The van der Waals surface area contributed by atoms with Crippen LogP contribution in [0.2, 0.25) is 0 Å². The first-order valence-electron chi connectivity index (χ1n) is 8.66. The van der Waals surface area contributed by atoms with Gasteiger partial charge in [-0.05, 0) is 23.3 Å². The van der Waals surface area contributed by atoms with E-state index in [0.29, 0.717) is 19.8 Å².